The van der Waals surface area contributed by atoms with E-state index in [1.54, 1.807) is 36.3 Å². The molecule has 1 amide bonds. The molecule has 0 spiro atoms. The van der Waals surface area contributed by atoms with E-state index in [9.17, 15) is 9.18 Å². The number of nitrogens with one attached hydrogen (secondary N) is 1. The maximum absolute atomic E-state index is 13.4. The summed E-state index contributed by atoms with van der Waals surface area (Å²) in [7, 11) is 1.61. The molecule has 0 aliphatic carbocycles. The molecule has 2 aromatic carbocycles. The van der Waals surface area contributed by atoms with Gasteiger partial charge in [0.05, 0.1) is 31.2 Å². The summed E-state index contributed by atoms with van der Waals surface area (Å²) in [6.07, 6.45) is 3.78. The molecule has 1 aliphatic rings. The minimum Gasteiger partial charge on any atom is -0.870 e. The molecule has 9 nitrogen and oxygen atoms in total. The van der Waals surface area contributed by atoms with Crippen LogP contribution in [0.3, 0.4) is 0 Å². The van der Waals surface area contributed by atoms with Crippen LogP contribution in [0.5, 0.6) is 11.5 Å². The number of carbonyl (C=O) groups is 1. The number of aromatic nitrogens is 3. The summed E-state index contributed by atoms with van der Waals surface area (Å²) in [5.41, 5.74) is 4.73. The van der Waals surface area contributed by atoms with Gasteiger partial charge in [0.2, 0.25) is 0 Å². The van der Waals surface area contributed by atoms with Crippen molar-refractivity contribution in [1.29, 1.82) is 0 Å². The van der Waals surface area contributed by atoms with Crippen LogP contribution in [0.1, 0.15) is 34.5 Å². The number of hydrogen-bond acceptors (Lipinski definition) is 6. The maximum atomic E-state index is 13.4. The van der Waals surface area contributed by atoms with Gasteiger partial charge in [0.15, 0.2) is 0 Å². The van der Waals surface area contributed by atoms with Gasteiger partial charge in [-0.15, -0.1) is 0 Å². The SMILES string of the molecule is COc1ccc(-n2cc(C(=O)NCCc3cc4c(c(-c5ccc(F)cc5)n3)OCC4C)cn2)cc1.[K+].[NH2-].[OH-]. The zero-order chi connectivity index (χ0) is 24.4. The number of pyridine rings is 1. The summed E-state index contributed by atoms with van der Waals surface area (Å²) in [6, 6.07) is 15.7. The number of nitrogens with two attached hydrogens (primary N) is 1. The Hall–Kier alpha value is -2.64. The summed E-state index contributed by atoms with van der Waals surface area (Å²) in [5.74, 6) is 1.24. The minimum absolute atomic E-state index is 0. The third-order valence-corrected chi connectivity index (χ3v) is 6.03. The molecule has 4 N–H and O–H groups in total. The third kappa shape index (κ3) is 6.86. The summed E-state index contributed by atoms with van der Waals surface area (Å²) in [6.45, 7) is 3.10. The Bertz CT molecular complexity index is 1360. The first-order chi connectivity index (χ1) is 17.0. The number of carbonyl (C=O) groups excluding carboxylic acids is 1. The Morgan fingerprint density at radius 1 is 1.18 bits per heavy atom. The van der Waals surface area contributed by atoms with Gasteiger partial charge in [-0.25, -0.2) is 14.1 Å². The van der Waals surface area contributed by atoms with Gasteiger partial charge >= 0.3 is 51.4 Å². The number of methoxy groups -OCH3 is 1. The molecule has 1 unspecified atom stereocenters. The number of fused-ring (bicyclic) bond motifs is 1. The van der Waals surface area contributed by atoms with E-state index >= 15 is 0 Å². The normalized spacial score (nSPS) is 13.2. The average Bonchev–Trinajstić information content (AvgIpc) is 3.52. The van der Waals surface area contributed by atoms with Gasteiger partial charge in [0.1, 0.15) is 23.0 Å². The third-order valence-electron chi connectivity index (χ3n) is 6.03. The van der Waals surface area contributed by atoms with Crippen LogP contribution >= 0.6 is 0 Å². The molecule has 1 atom stereocenters. The Morgan fingerprint density at radius 3 is 2.58 bits per heavy atom. The molecular weight excluding hydrogens is 516 g/mol. The number of amides is 1. The molecule has 0 bridgehead atoms. The second-order valence-corrected chi connectivity index (χ2v) is 8.48. The van der Waals surface area contributed by atoms with E-state index in [0.717, 1.165) is 34.0 Å². The Kier molecular flexibility index (Phi) is 11.6. The number of ether oxygens (including phenoxy) is 2. The smallest absolute Gasteiger partial charge is 0.870 e. The van der Waals surface area contributed by atoms with Crippen molar-refractivity contribution in [2.24, 2.45) is 0 Å². The van der Waals surface area contributed by atoms with E-state index in [0.29, 0.717) is 30.8 Å². The number of nitrogens with zero attached hydrogens (tertiary/aromatic N) is 3. The van der Waals surface area contributed by atoms with Gasteiger partial charge in [-0.1, -0.05) is 6.92 Å². The van der Waals surface area contributed by atoms with Gasteiger partial charge in [-0.2, -0.15) is 5.10 Å². The molecule has 38 heavy (non-hydrogen) atoms. The molecule has 4 aromatic rings. The first kappa shape index (κ1) is 31.6. The van der Waals surface area contributed by atoms with Gasteiger partial charge in [0, 0.05) is 41.9 Å². The fourth-order valence-electron chi connectivity index (χ4n) is 4.08. The second kappa shape index (κ2) is 13.9. The topological polar surface area (TPSA) is 142 Å². The first-order valence-electron chi connectivity index (χ1n) is 11.4. The molecule has 194 valence electrons. The van der Waals surface area contributed by atoms with Crippen molar-refractivity contribution in [2.45, 2.75) is 19.3 Å². The van der Waals surface area contributed by atoms with E-state index in [1.165, 1.54) is 12.1 Å². The van der Waals surface area contributed by atoms with Crippen LogP contribution in [0.2, 0.25) is 0 Å². The predicted molar refractivity (Wildman–Crippen MR) is 137 cm³/mol. The summed E-state index contributed by atoms with van der Waals surface area (Å²) in [5, 5.41) is 7.23. The van der Waals surface area contributed by atoms with Crippen LogP contribution in [-0.4, -0.2) is 46.4 Å². The van der Waals surface area contributed by atoms with Crippen molar-refractivity contribution in [2.75, 3.05) is 20.3 Å². The fourth-order valence-corrected chi connectivity index (χ4v) is 4.08. The largest absolute Gasteiger partial charge is 1.00 e. The van der Waals surface area contributed by atoms with Crippen molar-refractivity contribution in [3.8, 4) is 28.4 Å². The van der Waals surface area contributed by atoms with Crippen LogP contribution in [0.15, 0.2) is 67.0 Å². The van der Waals surface area contributed by atoms with Crippen molar-refractivity contribution in [3.63, 3.8) is 0 Å². The van der Waals surface area contributed by atoms with Crippen molar-refractivity contribution < 1.29 is 75.5 Å². The Labute approximate surface area is 263 Å². The van der Waals surface area contributed by atoms with E-state index in [-0.39, 0.29) is 80.7 Å². The van der Waals surface area contributed by atoms with Crippen LogP contribution in [0.25, 0.3) is 23.1 Å². The van der Waals surface area contributed by atoms with E-state index in [2.05, 4.69) is 17.3 Å². The zero-order valence-electron chi connectivity index (χ0n) is 21.5. The van der Waals surface area contributed by atoms with Crippen LogP contribution in [0.4, 0.5) is 4.39 Å². The van der Waals surface area contributed by atoms with Crippen molar-refractivity contribution in [1.82, 2.24) is 20.1 Å². The quantitative estimate of drug-likeness (QED) is 0.353. The number of rotatable bonds is 7. The van der Waals surface area contributed by atoms with Crippen molar-refractivity contribution >= 4 is 5.91 Å². The number of halogens is 1. The second-order valence-electron chi connectivity index (χ2n) is 8.48. The Morgan fingerprint density at radius 2 is 1.89 bits per heavy atom. The first-order valence-corrected chi connectivity index (χ1v) is 11.4. The average molecular weight is 545 g/mol. The molecule has 0 saturated heterocycles. The minimum atomic E-state index is -0.297. The Balaban J connectivity index is 0.00000169. The van der Waals surface area contributed by atoms with Crippen LogP contribution < -0.4 is 66.2 Å². The van der Waals surface area contributed by atoms with Gasteiger partial charge < -0.3 is 26.4 Å². The number of benzene rings is 2. The van der Waals surface area contributed by atoms with Gasteiger partial charge in [-0.3, -0.25) is 4.79 Å². The molecular formula is C27H28FKN5O4-. The fraction of sp³-hybridized carbons (Fsp3) is 0.222. The number of hydrogen-bond donors (Lipinski definition) is 1. The molecule has 0 saturated carbocycles. The summed E-state index contributed by atoms with van der Waals surface area (Å²) < 4.78 is 26.1. The molecule has 2 aromatic heterocycles. The van der Waals surface area contributed by atoms with Crippen LogP contribution in [-0.2, 0) is 6.42 Å². The predicted octanol–water partition coefficient (Wildman–Crippen LogP) is 2.09. The maximum Gasteiger partial charge on any atom is 1.00 e. The van der Waals surface area contributed by atoms with E-state index in [4.69, 9.17) is 14.5 Å². The van der Waals surface area contributed by atoms with Crippen molar-refractivity contribution in [3.05, 3.63) is 95.8 Å². The molecule has 1 aliphatic heterocycles. The zero-order valence-corrected chi connectivity index (χ0v) is 24.6. The molecule has 0 radical (unpaired) electrons. The van der Waals surface area contributed by atoms with E-state index < -0.39 is 0 Å². The van der Waals surface area contributed by atoms with E-state index in [1.807, 2.05) is 30.3 Å². The monoisotopic (exact) mass is 544 g/mol. The molecule has 11 heteroatoms. The van der Waals surface area contributed by atoms with Crippen LogP contribution in [0, 0.1) is 5.82 Å². The molecule has 3 heterocycles. The molecule has 5 rings (SSSR count). The standard InChI is InChI=1S/C27H25FN4O3.K.H2N.H2O/c1-17-16-35-26-24(17)13-21(31-25(26)18-3-5-20(28)6-4-18)11-12-29-27(33)19-14-30-32(15-19)22-7-9-23(34-2)10-8-22;;;/h3-10,13-15,17H,11-12,16H2,1-2H3,(H,29,33);;2*1H2/q;+1;-1;/p-1. The summed E-state index contributed by atoms with van der Waals surface area (Å²) >= 11 is 0. The van der Waals surface area contributed by atoms with Gasteiger partial charge in [0.25, 0.3) is 5.91 Å². The van der Waals surface area contributed by atoms with Gasteiger partial charge in [-0.05, 0) is 54.6 Å². The summed E-state index contributed by atoms with van der Waals surface area (Å²) in [4.78, 5) is 17.5. The molecule has 0 fully saturated rings.